The summed E-state index contributed by atoms with van der Waals surface area (Å²) in [4.78, 5) is 21.2. The number of azo groups is 1. The van der Waals surface area contributed by atoms with Crippen LogP contribution >= 0.6 is 0 Å². The molecule has 0 bridgehead atoms. The molecule has 0 saturated heterocycles. The maximum atomic E-state index is 11.5. The molecule has 5 heteroatoms. The Balaban J connectivity index is 4.17. The molecule has 0 spiro atoms. The molecule has 5 nitrogen and oxygen atoms in total. The van der Waals surface area contributed by atoms with E-state index in [1.54, 1.807) is 0 Å². The van der Waals surface area contributed by atoms with Crippen LogP contribution < -0.4 is 0 Å². The van der Waals surface area contributed by atoms with Crippen molar-refractivity contribution in [2.45, 2.75) is 84.9 Å². The van der Waals surface area contributed by atoms with Gasteiger partial charge in [-0.15, -0.1) is 0 Å². The smallest absolute Gasteiger partial charge is 0.298 e. The van der Waals surface area contributed by atoms with Crippen LogP contribution in [0, 0.1) is 0 Å². The lowest BCUT2D eigenvalue weighted by Crippen LogP contribution is -2.24. The molecule has 0 aliphatic rings. The monoisotopic (exact) mass is 272 g/mol. The molecule has 0 rings (SSSR count). The second kappa shape index (κ2) is 6.46. The summed E-state index contributed by atoms with van der Waals surface area (Å²) in [6, 6.07) is 0. The van der Waals surface area contributed by atoms with E-state index in [1.807, 2.05) is 55.4 Å². The van der Waals surface area contributed by atoms with Gasteiger partial charge in [0.05, 0.1) is 17.5 Å². The fourth-order valence-corrected chi connectivity index (χ4v) is 0.956. The Hall–Kier alpha value is -0.970. The fraction of sp³-hybridized carbons (Fsp3) is 0.929. The highest BCUT2D eigenvalue weighted by atomic mass is 17.2. The van der Waals surface area contributed by atoms with Gasteiger partial charge in [-0.05, 0) is 61.8 Å². The molecule has 0 aromatic heterocycles. The van der Waals surface area contributed by atoms with Crippen LogP contribution in [-0.2, 0) is 14.6 Å². The van der Waals surface area contributed by atoms with Crippen molar-refractivity contribution in [3.8, 4) is 0 Å². The normalized spacial score (nSPS) is 13.9. The minimum absolute atomic E-state index is 0.201. The molecule has 0 aromatic rings. The Morgan fingerprint density at radius 1 is 0.947 bits per heavy atom. The van der Waals surface area contributed by atoms with Crippen LogP contribution in [0.1, 0.15) is 68.2 Å². The molecule has 0 aromatic carbocycles. The molecule has 112 valence electrons. The van der Waals surface area contributed by atoms with E-state index >= 15 is 0 Å². The fourth-order valence-electron chi connectivity index (χ4n) is 0.956. The zero-order valence-corrected chi connectivity index (χ0v) is 13.5. The lowest BCUT2D eigenvalue weighted by Gasteiger charge is -2.21. The molecule has 0 N–H and O–H groups in total. The summed E-state index contributed by atoms with van der Waals surface area (Å²) >= 11 is 0. The SMILES string of the molecule is CC(C)(C)N=NC(C)(C)CCC(=O)OOC(C)(C)C. The van der Waals surface area contributed by atoms with E-state index < -0.39 is 5.60 Å². The van der Waals surface area contributed by atoms with E-state index in [4.69, 9.17) is 9.78 Å². The van der Waals surface area contributed by atoms with Crippen molar-refractivity contribution in [3.05, 3.63) is 0 Å². The Labute approximate surface area is 116 Å². The van der Waals surface area contributed by atoms with Crippen molar-refractivity contribution < 1.29 is 14.6 Å². The number of carbonyl (C=O) groups excluding carboxylic acids is 1. The summed E-state index contributed by atoms with van der Waals surface area (Å²) in [7, 11) is 0. The molecule has 0 radical (unpaired) electrons. The van der Waals surface area contributed by atoms with Gasteiger partial charge in [0, 0.05) is 0 Å². The first-order valence-electron chi connectivity index (χ1n) is 6.63. The number of rotatable bonds is 5. The second-order valence-corrected chi connectivity index (χ2v) is 7.33. The first-order valence-corrected chi connectivity index (χ1v) is 6.63. The first-order chi connectivity index (χ1) is 8.31. The molecule has 0 atom stereocenters. The van der Waals surface area contributed by atoms with Gasteiger partial charge in [0.25, 0.3) is 0 Å². The van der Waals surface area contributed by atoms with Gasteiger partial charge in [-0.1, -0.05) is 0 Å². The molecule has 0 saturated carbocycles. The predicted molar refractivity (Wildman–Crippen MR) is 74.9 cm³/mol. The topological polar surface area (TPSA) is 60.2 Å². The van der Waals surface area contributed by atoms with Crippen molar-refractivity contribution in [2.24, 2.45) is 10.2 Å². The first kappa shape index (κ1) is 18.0. The Kier molecular flexibility index (Phi) is 6.13. The molecule has 0 amide bonds. The maximum Gasteiger partial charge on any atom is 0.342 e. The van der Waals surface area contributed by atoms with E-state index in [9.17, 15) is 4.79 Å². The molecule has 19 heavy (non-hydrogen) atoms. The van der Waals surface area contributed by atoms with Gasteiger partial charge in [-0.25, -0.2) is 4.79 Å². The van der Waals surface area contributed by atoms with Gasteiger partial charge < -0.3 is 0 Å². The van der Waals surface area contributed by atoms with Crippen LogP contribution in [0.25, 0.3) is 0 Å². The quantitative estimate of drug-likeness (QED) is 0.430. The minimum atomic E-state index is -0.489. The average Bonchev–Trinajstić information content (AvgIpc) is 2.19. The van der Waals surface area contributed by atoms with E-state index in [1.165, 1.54) is 0 Å². The summed E-state index contributed by atoms with van der Waals surface area (Å²) in [6.07, 6.45) is 0.825. The molecule has 0 fully saturated rings. The van der Waals surface area contributed by atoms with E-state index in [2.05, 4.69) is 10.2 Å². The second-order valence-electron chi connectivity index (χ2n) is 7.33. The van der Waals surface area contributed by atoms with E-state index in [0.717, 1.165) is 0 Å². The minimum Gasteiger partial charge on any atom is -0.298 e. The molecule has 0 aliphatic heterocycles. The number of hydrogen-bond donors (Lipinski definition) is 0. The molecule has 0 heterocycles. The highest BCUT2D eigenvalue weighted by molar-refractivity contribution is 5.68. The van der Waals surface area contributed by atoms with Crippen LogP contribution in [0.15, 0.2) is 10.2 Å². The third-order valence-corrected chi connectivity index (χ3v) is 1.95. The van der Waals surface area contributed by atoms with Crippen LogP contribution in [0.5, 0.6) is 0 Å². The average molecular weight is 272 g/mol. The molecule has 0 unspecified atom stereocenters. The molecular weight excluding hydrogens is 244 g/mol. The number of carbonyl (C=O) groups is 1. The van der Waals surface area contributed by atoms with Crippen molar-refractivity contribution in [3.63, 3.8) is 0 Å². The predicted octanol–water partition coefficient (Wildman–Crippen LogP) is 4.07. The largest absolute Gasteiger partial charge is 0.342 e. The Morgan fingerprint density at radius 2 is 1.47 bits per heavy atom. The van der Waals surface area contributed by atoms with Crippen molar-refractivity contribution in [2.75, 3.05) is 0 Å². The van der Waals surface area contributed by atoms with E-state index in [-0.39, 0.29) is 23.5 Å². The lowest BCUT2D eigenvalue weighted by atomic mass is 10.00. The van der Waals surface area contributed by atoms with Crippen LogP contribution in [0.4, 0.5) is 0 Å². The number of hydrogen-bond acceptors (Lipinski definition) is 5. The standard InChI is InChI=1S/C14H28N2O3/c1-12(2,3)15-16-14(7,8)10-9-11(17)18-19-13(4,5)6/h9-10H2,1-8H3. The zero-order chi connectivity index (χ0) is 15.3. The van der Waals surface area contributed by atoms with Crippen LogP contribution in [-0.4, -0.2) is 22.6 Å². The van der Waals surface area contributed by atoms with Crippen molar-refractivity contribution >= 4 is 5.97 Å². The van der Waals surface area contributed by atoms with Crippen LogP contribution in [0.2, 0.25) is 0 Å². The summed E-state index contributed by atoms with van der Waals surface area (Å²) < 4.78 is 0. The highest BCUT2D eigenvalue weighted by Gasteiger charge is 2.22. The zero-order valence-electron chi connectivity index (χ0n) is 13.5. The Bertz CT molecular complexity index is 323. The Morgan fingerprint density at radius 3 is 1.89 bits per heavy atom. The van der Waals surface area contributed by atoms with Gasteiger partial charge in [0.1, 0.15) is 5.60 Å². The van der Waals surface area contributed by atoms with E-state index in [0.29, 0.717) is 6.42 Å². The summed E-state index contributed by atoms with van der Waals surface area (Å²) in [5.74, 6) is -0.381. The van der Waals surface area contributed by atoms with Gasteiger partial charge in [0.15, 0.2) is 0 Å². The van der Waals surface area contributed by atoms with Gasteiger partial charge in [-0.2, -0.15) is 15.1 Å². The van der Waals surface area contributed by atoms with Crippen molar-refractivity contribution in [1.29, 1.82) is 0 Å². The third-order valence-electron chi connectivity index (χ3n) is 1.95. The summed E-state index contributed by atoms with van der Waals surface area (Å²) in [5, 5.41) is 8.52. The van der Waals surface area contributed by atoms with Gasteiger partial charge in [-0.3, -0.25) is 4.89 Å². The van der Waals surface area contributed by atoms with Crippen molar-refractivity contribution in [1.82, 2.24) is 0 Å². The number of nitrogens with zero attached hydrogens (tertiary/aromatic N) is 2. The summed E-state index contributed by atoms with van der Waals surface area (Å²) in [5.41, 5.74) is -1.07. The van der Waals surface area contributed by atoms with Gasteiger partial charge >= 0.3 is 5.97 Å². The van der Waals surface area contributed by atoms with Gasteiger partial charge in [0.2, 0.25) is 0 Å². The molecular formula is C14H28N2O3. The third kappa shape index (κ3) is 11.8. The van der Waals surface area contributed by atoms with Crippen LogP contribution in [0.3, 0.4) is 0 Å². The maximum absolute atomic E-state index is 11.5. The lowest BCUT2D eigenvalue weighted by molar-refractivity contribution is -0.320. The summed E-state index contributed by atoms with van der Waals surface area (Å²) in [6.45, 7) is 15.3. The molecule has 0 aliphatic carbocycles. The highest BCUT2D eigenvalue weighted by Crippen LogP contribution is 2.20.